The molecule has 0 rings (SSSR count). The fraction of sp³-hybridized carbons (Fsp3) is 0.875. The minimum absolute atomic E-state index is 0.847. The molecule has 22 heavy (non-hydrogen) atoms. The van der Waals surface area contributed by atoms with E-state index >= 15 is 0 Å². The molecule has 0 radical (unpaired) electrons. The predicted octanol–water partition coefficient (Wildman–Crippen LogP) is 2.93. The van der Waals surface area contributed by atoms with Crippen LogP contribution >= 0.6 is 0 Å². The van der Waals surface area contributed by atoms with Gasteiger partial charge in [0.05, 0.1) is 0 Å². The zero-order valence-electron chi connectivity index (χ0n) is 14.0. The van der Waals surface area contributed by atoms with E-state index in [-0.39, 0.29) is 0 Å². The minimum Gasteiger partial charge on any atom is -0.386 e. The van der Waals surface area contributed by atoms with E-state index in [1.54, 1.807) is 0 Å². The number of hydrogen-bond acceptors (Lipinski definition) is 4. The summed E-state index contributed by atoms with van der Waals surface area (Å²) < 4.78 is 25.1. The Morgan fingerprint density at radius 2 is 1.36 bits per heavy atom. The molecule has 0 aliphatic heterocycles. The summed E-state index contributed by atoms with van der Waals surface area (Å²) >= 11 is 0. The number of rotatable bonds is 10. The average Bonchev–Trinajstić information content (AvgIpc) is 2.49. The van der Waals surface area contributed by atoms with Crippen LogP contribution in [0.5, 0.6) is 0 Å². The molecule has 0 aromatic rings. The highest BCUT2D eigenvalue weighted by Crippen LogP contribution is 2.09. The SMILES string of the molecule is CC(=O)C(F)C(O)C(O)C(=O)C(C)F.CCCCCCCC. The van der Waals surface area contributed by atoms with Crippen molar-refractivity contribution < 1.29 is 28.6 Å². The summed E-state index contributed by atoms with van der Waals surface area (Å²) in [4.78, 5) is 21.2. The number of ketones is 2. The van der Waals surface area contributed by atoms with Crippen LogP contribution in [-0.2, 0) is 9.59 Å². The van der Waals surface area contributed by atoms with Crippen molar-refractivity contribution in [3.05, 3.63) is 0 Å². The van der Waals surface area contributed by atoms with E-state index in [0.717, 1.165) is 13.8 Å². The van der Waals surface area contributed by atoms with Crippen molar-refractivity contribution in [3.8, 4) is 0 Å². The van der Waals surface area contributed by atoms with Gasteiger partial charge in [-0.25, -0.2) is 8.78 Å². The van der Waals surface area contributed by atoms with E-state index in [1.165, 1.54) is 38.5 Å². The second-order valence-electron chi connectivity index (χ2n) is 5.38. The molecule has 0 saturated heterocycles. The minimum atomic E-state index is -2.38. The Kier molecular flexibility index (Phi) is 14.6. The Bertz CT molecular complexity index is 303. The van der Waals surface area contributed by atoms with Gasteiger partial charge in [0, 0.05) is 0 Å². The quantitative estimate of drug-likeness (QED) is 0.606. The molecule has 0 heterocycles. The van der Waals surface area contributed by atoms with Crippen LogP contribution in [0.15, 0.2) is 0 Å². The molecular weight excluding hydrogens is 294 g/mol. The van der Waals surface area contributed by atoms with Crippen LogP contribution in [0.25, 0.3) is 0 Å². The summed E-state index contributed by atoms with van der Waals surface area (Å²) in [7, 11) is 0. The van der Waals surface area contributed by atoms with Gasteiger partial charge in [-0.05, 0) is 13.8 Å². The topological polar surface area (TPSA) is 74.6 Å². The van der Waals surface area contributed by atoms with E-state index in [9.17, 15) is 18.4 Å². The molecule has 4 atom stereocenters. The molecule has 0 saturated carbocycles. The van der Waals surface area contributed by atoms with Crippen LogP contribution < -0.4 is 0 Å². The number of Topliss-reactive ketones (excluding diaryl/α,β-unsaturated/α-hetero) is 2. The maximum absolute atomic E-state index is 12.8. The number of aliphatic hydroxyl groups is 2. The summed E-state index contributed by atoms with van der Waals surface area (Å²) in [6, 6.07) is 0. The Hall–Kier alpha value is -0.880. The average molecular weight is 324 g/mol. The Balaban J connectivity index is 0. The number of alkyl halides is 2. The van der Waals surface area contributed by atoms with Gasteiger partial charge >= 0.3 is 0 Å². The third kappa shape index (κ3) is 10.8. The number of carbonyl (C=O) groups excluding carboxylic acids is 2. The Morgan fingerprint density at radius 1 is 0.955 bits per heavy atom. The standard InChI is InChI=1S/C8H12F2O4.C8H18/c1-3(9)6(12)8(14)7(13)5(10)4(2)11;1-3-5-7-8-6-4-2/h3,5,7-8,13-14H,1-2H3;3-8H2,1-2H3. The number of aliphatic hydroxyl groups excluding tert-OH is 2. The molecule has 0 bridgehead atoms. The van der Waals surface area contributed by atoms with E-state index in [4.69, 9.17) is 10.2 Å². The fourth-order valence-corrected chi connectivity index (χ4v) is 1.66. The molecule has 4 unspecified atom stereocenters. The molecule has 0 fully saturated rings. The molecule has 0 aliphatic carbocycles. The summed E-state index contributed by atoms with van der Waals surface area (Å²) in [5.41, 5.74) is 0. The zero-order chi connectivity index (χ0) is 17.7. The maximum Gasteiger partial charge on any atom is 0.197 e. The lowest BCUT2D eigenvalue weighted by Gasteiger charge is -2.18. The van der Waals surface area contributed by atoms with Gasteiger partial charge in [-0.15, -0.1) is 0 Å². The van der Waals surface area contributed by atoms with Gasteiger partial charge in [-0.1, -0.05) is 52.4 Å². The first kappa shape index (κ1) is 23.4. The number of hydrogen-bond donors (Lipinski definition) is 2. The largest absolute Gasteiger partial charge is 0.386 e. The molecule has 2 N–H and O–H groups in total. The van der Waals surface area contributed by atoms with Crippen molar-refractivity contribution in [2.24, 2.45) is 0 Å². The van der Waals surface area contributed by atoms with Crippen molar-refractivity contribution in [3.63, 3.8) is 0 Å². The number of carbonyl (C=O) groups is 2. The number of unbranched alkanes of at least 4 members (excludes halogenated alkanes) is 5. The molecular formula is C16H30F2O4. The van der Waals surface area contributed by atoms with E-state index in [0.29, 0.717) is 0 Å². The molecule has 0 aromatic heterocycles. The van der Waals surface area contributed by atoms with Gasteiger partial charge in [-0.3, -0.25) is 9.59 Å². The highest BCUT2D eigenvalue weighted by Gasteiger charge is 2.35. The van der Waals surface area contributed by atoms with Crippen LogP contribution in [0.4, 0.5) is 8.78 Å². The van der Waals surface area contributed by atoms with E-state index in [1.807, 2.05) is 0 Å². The summed E-state index contributed by atoms with van der Waals surface area (Å²) in [5.74, 6) is -2.38. The first-order valence-corrected chi connectivity index (χ1v) is 7.89. The van der Waals surface area contributed by atoms with Crippen LogP contribution in [0, 0.1) is 0 Å². The zero-order valence-corrected chi connectivity index (χ0v) is 14.0. The molecule has 132 valence electrons. The van der Waals surface area contributed by atoms with Gasteiger partial charge < -0.3 is 10.2 Å². The molecule has 0 spiro atoms. The van der Waals surface area contributed by atoms with Gasteiger partial charge in [0.1, 0.15) is 12.2 Å². The molecule has 0 amide bonds. The highest BCUT2D eigenvalue weighted by atomic mass is 19.1. The number of halogens is 2. The fourth-order valence-electron chi connectivity index (χ4n) is 1.66. The lowest BCUT2D eigenvalue weighted by Crippen LogP contribution is -2.45. The molecule has 6 heteroatoms. The highest BCUT2D eigenvalue weighted by molar-refractivity contribution is 5.89. The third-order valence-electron chi connectivity index (χ3n) is 3.15. The van der Waals surface area contributed by atoms with Crippen molar-refractivity contribution >= 4 is 11.6 Å². The molecule has 0 aromatic carbocycles. The third-order valence-corrected chi connectivity index (χ3v) is 3.15. The van der Waals surface area contributed by atoms with E-state index in [2.05, 4.69) is 13.8 Å². The first-order chi connectivity index (χ1) is 10.2. The van der Waals surface area contributed by atoms with Crippen LogP contribution in [0.1, 0.15) is 66.2 Å². The lowest BCUT2D eigenvalue weighted by molar-refractivity contribution is -0.143. The normalized spacial score (nSPS) is 16.0. The van der Waals surface area contributed by atoms with E-state index < -0.39 is 36.1 Å². The monoisotopic (exact) mass is 324 g/mol. The van der Waals surface area contributed by atoms with Crippen LogP contribution in [-0.4, -0.2) is 46.3 Å². The molecule has 0 aliphatic rings. The van der Waals surface area contributed by atoms with Crippen LogP contribution in [0.3, 0.4) is 0 Å². The van der Waals surface area contributed by atoms with Crippen molar-refractivity contribution in [2.75, 3.05) is 0 Å². The summed E-state index contributed by atoms with van der Waals surface area (Å²) in [5, 5.41) is 17.9. The smallest absolute Gasteiger partial charge is 0.197 e. The van der Waals surface area contributed by atoms with Gasteiger partial charge in [0.15, 0.2) is 23.9 Å². The maximum atomic E-state index is 12.8. The summed E-state index contributed by atoms with van der Waals surface area (Å²) in [6.45, 7) is 6.21. The first-order valence-electron chi connectivity index (χ1n) is 7.89. The van der Waals surface area contributed by atoms with Crippen molar-refractivity contribution in [1.29, 1.82) is 0 Å². The second kappa shape index (κ2) is 13.8. The van der Waals surface area contributed by atoms with Crippen LogP contribution in [0.2, 0.25) is 0 Å². The Labute approximate surface area is 131 Å². The second-order valence-corrected chi connectivity index (χ2v) is 5.38. The van der Waals surface area contributed by atoms with Gasteiger partial charge in [0.2, 0.25) is 0 Å². The van der Waals surface area contributed by atoms with Gasteiger partial charge in [0.25, 0.3) is 0 Å². The molecule has 4 nitrogen and oxygen atoms in total. The Morgan fingerprint density at radius 3 is 1.64 bits per heavy atom. The lowest BCUT2D eigenvalue weighted by atomic mass is 10.0. The summed E-state index contributed by atoms with van der Waals surface area (Å²) in [6.07, 6.45) is -0.333. The van der Waals surface area contributed by atoms with Gasteiger partial charge in [-0.2, -0.15) is 0 Å². The van der Waals surface area contributed by atoms with Crippen molar-refractivity contribution in [1.82, 2.24) is 0 Å². The predicted molar refractivity (Wildman–Crippen MR) is 82.2 cm³/mol. The van der Waals surface area contributed by atoms with Crippen molar-refractivity contribution in [2.45, 2.75) is 90.8 Å².